The lowest BCUT2D eigenvalue weighted by Gasteiger charge is -2.36. The summed E-state index contributed by atoms with van der Waals surface area (Å²) in [5.74, 6) is 0.718. The fraction of sp³-hybridized carbons (Fsp3) is 0.450. The van der Waals surface area contributed by atoms with Crippen LogP contribution < -0.4 is 10.2 Å². The normalized spacial score (nSPS) is 18.0. The number of carbonyl (C=O) groups excluding carboxylic acids is 1. The highest BCUT2D eigenvalue weighted by molar-refractivity contribution is 6.30. The number of carbonyl (C=O) groups is 1. The van der Waals surface area contributed by atoms with Crippen molar-refractivity contribution in [3.63, 3.8) is 0 Å². The van der Waals surface area contributed by atoms with Crippen LogP contribution in [0.3, 0.4) is 0 Å². The smallest absolute Gasteiger partial charge is 0.272 e. The molecule has 1 aliphatic carbocycles. The van der Waals surface area contributed by atoms with Crippen molar-refractivity contribution >= 4 is 29.0 Å². The summed E-state index contributed by atoms with van der Waals surface area (Å²) in [4.78, 5) is 25.5. The molecule has 1 aromatic carbocycles. The van der Waals surface area contributed by atoms with Gasteiger partial charge in [0.2, 0.25) is 0 Å². The number of nitrogens with zero attached hydrogens (tertiary/aromatic N) is 4. The minimum Gasteiger partial charge on any atom is -0.368 e. The minimum absolute atomic E-state index is 0.0300. The van der Waals surface area contributed by atoms with E-state index in [0.717, 1.165) is 29.6 Å². The number of nitrogens with one attached hydrogen (secondary N) is 1. The van der Waals surface area contributed by atoms with E-state index in [-0.39, 0.29) is 5.91 Å². The predicted octanol–water partition coefficient (Wildman–Crippen LogP) is 3.45. The minimum atomic E-state index is -0.0300. The van der Waals surface area contributed by atoms with Gasteiger partial charge in [0.1, 0.15) is 17.8 Å². The van der Waals surface area contributed by atoms with Gasteiger partial charge in [-0.1, -0.05) is 30.5 Å². The predicted molar refractivity (Wildman–Crippen MR) is 107 cm³/mol. The maximum atomic E-state index is 12.9. The molecular weight excluding hydrogens is 362 g/mol. The Kier molecular flexibility index (Phi) is 5.43. The number of halogens is 1. The molecule has 1 N–H and O–H groups in total. The maximum Gasteiger partial charge on any atom is 0.272 e. The van der Waals surface area contributed by atoms with Crippen LogP contribution in [0.4, 0.5) is 11.5 Å². The SMILES string of the molecule is O=C(c1cc(NC2CCCC2)ncn1)N1CCN(c2cccc(Cl)c2)CC1. The molecule has 27 heavy (non-hydrogen) atoms. The van der Waals surface area contributed by atoms with Crippen LogP contribution in [0.2, 0.25) is 5.02 Å². The average Bonchev–Trinajstić information content (AvgIpc) is 3.21. The summed E-state index contributed by atoms with van der Waals surface area (Å²) in [6.45, 7) is 2.90. The van der Waals surface area contributed by atoms with Crippen molar-refractivity contribution in [1.29, 1.82) is 0 Å². The molecule has 0 unspecified atom stereocenters. The van der Waals surface area contributed by atoms with Crippen LogP contribution in [0.5, 0.6) is 0 Å². The molecule has 4 rings (SSSR count). The monoisotopic (exact) mass is 385 g/mol. The second kappa shape index (κ2) is 8.13. The number of amides is 1. The zero-order valence-electron chi connectivity index (χ0n) is 15.3. The number of rotatable bonds is 4. The molecule has 2 aliphatic rings. The van der Waals surface area contributed by atoms with Gasteiger partial charge in [0, 0.05) is 49.0 Å². The zero-order valence-corrected chi connectivity index (χ0v) is 16.0. The summed E-state index contributed by atoms with van der Waals surface area (Å²) >= 11 is 6.09. The molecule has 0 atom stereocenters. The van der Waals surface area contributed by atoms with Crippen molar-refractivity contribution in [2.45, 2.75) is 31.7 Å². The average molecular weight is 386 g/mol. The van der Waals surface area contributed by atoms with Gasteiger partial charge in [-0.25, -0.2) is 9.97 Å². The highest BCUT2D eigenvalue weighted by atomic mass is 35.5. The summed E-state index contributed by atoms with van der Waals surface area (Å²) in [5.41, 5.74) is 1.56. The summed E-state index contributed by atoms with van der Waals surface area (Å²) in [6, 6.07) is 10.1. The van der Waals surface area contributed by atoms with E-state index in [1.807, 2.05) is 23.1 Å². The third-order valence-corrected chi connectivity index (χ3v) is 5.57. The molecule has 1 saturated carbocycles. The molecule has 0 bridgehead atoms. The molecule has 2 aromatic rings. The van der Waals surface area contributed by atoms with Crippen LogP contribution in [0, 0.1) is 0 Å². The van der Waals surface area contributed by atoms with E-state index < -0.39 is 0 Å². The third-order valence-electron chi connectivity index (χ3n) is 5.33. The summed E-state index contributed by atoms with van der Waals surface area (Å²) in [7, 11) is 0. The van der Waals surface area contributed by atoms with E-state index in [0.29, 0.717) is 24.8 Å². The Morgan fingerprint density at radius 3 is 2.59 bits per heavy atom. The van der Waals surface area contributed by atoms with Gasteiger partial charge in [-0.2, -0.15) is 0 Å². The van der Waals surface area contributed by atoms with Crippen LogP contribution in [0.25, 0.3) is 0 Å². The van der Waals surface area contributed by atoms with E-state index in [2.05, 4.69) is 26.3 Å². The van der Waals surface area contributed by atoms with E-state index in [4.69, 9.17) is 11.6 Å². The van der Waals surface area contributed by atoms with Crippen molar-refractivity contribution in [3.8, 4) is 0 Å². The molecule has 2 heterocycles. The van der Waals surface area contributed by atoms with Crippen molar-refractivity contribution in [2.75, 3.05) is 36.4 Å². The first-order valence-electron chi connectivity index (χ1n) is 9.57. The summed E-state index contributed by atoms with van der Waals surface area (Å²) in [5, 5.41) is 4.16. The number of hydrogen-bond acceptors (Lipinski definition) is 5. The van der Waals surface area contributed by atoms with Crippen LogP contribution in [-0.4, -0.2) is 53.0 Å². The van der Waals surface area contributed by atoms with Gasteiger partial charge < -0.3 is 15.1 Å². The Hall–Kier alpha value is -2.34. The number of aromatic nitrogens is 2. The van der Waals surface area contributed by atoms with Crippen LogP contribution in [-0.2, 0) is 0 Å². The molecule has 2 fully saturated rings. The Labute approximate surface area is 164 Å². The first-order valence-corrected chi connectivity index (χ1v) is 9.95. The van der Waals surface area contributed by atoms with Gasteiger partial charge in [-0.15, -0.1) is 0 Å². The standard InChI is InChI=1S/C20H24ClN5O/c21-15-4-3-7-17(12-15)25-8-10-26(11-9-25)20(27)18-13-19(23-14-22-18)24-16-5-1-2-6-16/h3-4,7,12-14,16H,1-2,5-6,8-11H2,(H,22,23,24). The quantitative estimate of drug-likeness (QED) is 0.873. The van der Waals surface area contributed by atoms with Gasteiger partial charge in [0.25, 0.3) is 5.91 Å². The molecule has 0 radical (unpaired) electrons. The number of piperazine rings is 1. The maximum absolute atomic E-state index is 12.9. The molecule has 142 valence electrons. The summed E-state index contributed by atoms with van der Waals surface area (Å²) in [6.07, 6.45) is 6.32. The Morgan fingerprint density at radius 2 is 1.85 bits per heavy atom. The van der Waals surface area contributed by atoms with E-state index >= 15 is 0 Å². The van der Waals surface area contributed by atoms with Gasteiger partial charge in [-0.05, 0) is 31.0 Å². The lowest BCUT2D eigenvalue weighted by molar-refractivity contribution is 0.0740. The van der Waals surface area contributed by atoms with E-state index in [1.54, 1.807) is 6.07 Å². The molecule has 1 aliphatic heterocycles. The molecule has 1 amide bonds. The van der Waals surface area contributed by atoms with Crippen LogP contribution in [0.15, 0.2) is 36.7 Å². The van der Waals surface area contributed by atoms with Crippen LogP contribution >= 0.6 is 11.6 Å². The number of hydrogen-bond donors (Lipinski definition) is 1. The third kappa shape index (κ3) is 4.33. The van der Waals surface area contributed by atoms with Crippen molar-refractivity contribution in [3.05, 3.63) is 47.4 Å². The first-order chi connectivity index (χ1) is 13.2. The molecule has 0 spiro atoms. The lowest BCUT2D eigenvalue weighted by atomic mass is 10.2. The molecular formula is C20H24ClN5O. The highest BCUT2D eigenvalue weighted by Gasteiger charge is 2.24. The fourth-order valence-corrected chi connectivity index (χ4v) is 4.02. The Morgan fingerprint density at radius 1 is 1.07 bits per heavy atom. The second-order valence-corrected chi connectivity index (χ2v) is 7.61. The number of benzene rings is 1. The molecule has 1 saturated heterocycles. The molecule has 1 aromatic heterocycles. The van der Waals surface area contributed by atoms with Crippen LogP contribution in [0.1, 0.15) is 36.2 Å². The second-order valence-electron chi connectivity index (χ2n) is 7.17. The largest absolute Gasteiger partial charge is 0.368 e. The Balaban J connectivity index is 1.37. The molecule has 7 heteroatoms. The highest BCUT2D eigenvalue weighted by Crippen LogP contribution is 2.23. The summed E-state index contributed by atoms with van der Waals surface area (Å²) < 4.78 is 0. The van der Waals surface area contributed by atoms with Gasteiger partial charge in [0.05, 0.1) is 0 Å². The molecule has 6 nitrogen and oxygen atoms in total. The zero-order chi connectivity index (χ0) is 18.6. The number of anilines is 2. The van der Waals surface area contributed by atoms with Crippen molar-refractivity contribution in [1.82, 2.24) is 14.9 Å². The van der Waals surface area contributed by atoms with E-state index in [9.17, 15) is 4.79 Å². The lowest BCUT2D eigenvalue weighted by Crippen LogP contribution is -2.49. The first kappa shape index (κ1) is 18.0. The fourth-order valence-electron chi connectivity index (χ4n) is 3.84. The topological polar surface area (TPSA) is 61.4 Å². The Bertz CT molecular complexity index is 800. The van der Waals surface area contributed by atoms with Crippen molar-refractivity contribution < 1.29 is 4.79 Å². The van der Waals surface area contributed by atoms with E-state index in [1.165, 1.54) is 32.0 Å². The van der Waals surface area contributed by atoms with Gasteiger partial charge in [0.15, 0.2) is 0 Å². The van der Waals surface area contributed by atoms with Gasteiger partial charge >= 0.3 is 0 Å². The van der Waals surface area contributed by atoms with Gasteiger partial charge in [-0.3, -0.25) is 4.79 Å². The van der Waals surface area contributed by atoms with Crippen molar-refractivity contribution in [2.24, 2.45) is 0 Å².